The van der Waals surface area contributed by atoms with Crippen LogP contribution in [0.15, 0.2) is 30.3 Å². The lowest BCUT2D eigenvalue weighted by Crippen LogP contribution is -2.46. The third kappa shape index (κ3) is 3.42. The zero-order valence-electron chi connectivity index (χ0n) is 10.9. The highest BCUT2D eigenvalue weighted by Crippen LogP contribution is 2.16. The SMILES string of the molecule is O=C(O)CN1CCC[C@H]1C(=O)NC(=O)c1ccccc1. The van der Waals surface area contributed by atoms with Crippen molar-refractivity contribution in [2.45, 2.75) is 18.9 Å². The van der Waals surface area contributed by atoms with Gasteiger partial charge in [-0.05, 0) is 31.5 Å². The second-order valence-corrected chi connectivity index (χ2v) is 4.71. The summed E-state index contributed by atoms with van der Waals surface area (Å²) in [7, 11) is 0. The number of aliphatic carboxylic acids is 1. The van der Waals surface area contributed by atoms with E-state index in [0.717, 1.165) is 6.42 Å². The van der Waals surface area contributed by atoms with Gasteiger partial charge in [0.1, 0.15) is 0 Å². The Balaban J connectivity index is 1.97. The molecule has 1 aliphatic heterocycles. The standard InChI is InChI=1S/C14H16N2O4/c17-12(18)9-16-8-4-7-11(16)14(20)15-13(19)10-5-2-1-3-6-10/h1-3,5-6,11H,4,7-9H2,(H,17,18)(H,15,19,20)/t11-/m0/s1. The van der Waals surface area contributed by atoms with Crippen molar-refractivity contribution in [3.05, 3.63) is 35.9 Å². The van der Waals surface area contributed by atoms with Crippen molar-refractivity contribution in [2.75, 3.05) is 13.1 Å². The highest BCUT2D eigenvalue weighted by atomic mass is 16.4. The molecular formula is C14H16N2O4. The Morgan fingerprint density at radius 3 is 2.60 bits per heavy atom. The number of rotatable bonds is 4. The highest BCUT2D eigenvalue weighted by Gasteiger charge is 2.32. The summed E-state index contributed by atoms with van der Waals surface area (Å²) in [6.07, 6.45) is 1.33. The van der Waals surface area contributed by atoms with E-state index >= 15 is 0 Å². The van der Waals surface area contributed by atoms with Gasteiger partial charge >= 0.3 is 5.97 Å². The van der Waals surface area contributed by atoms with Crippen LogP contribution in [-0.2, 0) is 9.59 Å². The van der Waals surface area contributed by atoms with Gasteiger partial charge in [0.15, 0.2) is 0 Å². The number of hydrogen-bond acceptors (Lipinski definition) is 4. The molecule has 1 aromatic carbocycles. The maximum Gasteiger partial charge on any atom is 0.317 e. The van der Waals surface area contributed by atoms with Gasteiger partial charge in [-0.3, -0.25) is 24.6 Å². The molecule has 0 aliphatic carbocycles. The Hall–Kier alpha value is -2.21. The lowest BCUT2D eigenvalue weighted by atomic mass is 10.1. The first kappa shape index (κ1) is 14.2. The number of carboxylic acid groups (broad SMARTS) is 1. The molecule has 6 heteroatoms. The number of amides is 2. The highest BCUT2D eigenvalue weighted by molar-refractivity contribution is 6.06. The van der Waals surface area contributed by atoms with Crippen molar-refractivity contribution in [3.8, 4) is 0 Å². The number of imide groups is 1. The molecule has 106 valence electrons. The second-order valence-electron chi connectivity index (χ2n) is 4.71. The average Bonchev–Trinajstić information content (AvgIpc) is 2.87. The molecule has 1 heterocycles. The molecule has 2 rings (SSSR count). The van der Waals surface area contributed by atoms with Crippen LogP contribution in [-0.4, -0.2) is 46.9 Å². The molecule has 2 amide bonds. The van der Waals surface area contributed by atoms with Gasteiger partial charge in [-0.1, -0.05) is 18.2 Å². The average molecular weight is 276 g/mol. The summed E-state index contributed by atoms with van der Waals surface area (Å²) < 4.78 is 0. The monoisotopic (exact) mass is 276 g/mol. The smallest absolute Gasteiger partial charge is 0.317 e. The number of likely N-dealkylation sites (tertiary alicyclic amines) is 1. The molecule has 0 radical (unpaired) electrons. The molecule has 1 saturated heterocycles. The summed E-state index contributed by atoms with van der Waals surface area (Å²) in [5.74, 6) is -1.87. The predicted octanol–water partition coefficient (Wildman–Crippen LogP) is 0.492. The lowest BCUT2D eigenvalue weighted by molar-refractivity contribution is -0.139. The first-order valence-corrected chi connectivity index (χ1v) is 6.44. The van der Waals surface area contributed by atoms with Gasteiger partial charge in [0.2, 0.25) is 5.91 Å². The van der Waals surface area contributed by atoms with E-state index in [-0.39, 0.29) is 6.54 Å². The van der Waals surface area contributed by atoms with Crippen molar-refractivity contribution in [3.63, 3.8) is 0 Å². The third-order valence-corrected chi connectivity index (χ3v) is 3.28. The molecule has 1 aliphatic rings. The summed E-state index contributed by atoms with van der Waals surface area (Å²) in [5.41, 5.74) is 0.406. The quantitative estimate of drug-likeness (QED) is 0.782. The molecular weight excluding hydrogens is 260 g/mol. The van der Waals surface area contributed by atoms with Crippen molar-refractivity contribution >= 4 is 17.8 Å². The van der Waals surface area contributed by atoms with Crippen molar-refractivity contribution < 1.29 is 19.5 Å². The van der Waals surface area contributed by atoms with Crippen molar-refractivity contribution in [2.24, 2.45) is 0 Å². The van der Waals surface area contributed by atoms with E-state index in [9.17, 15) is 14.4 Å². The van der Waals surface area contributed by atoms with E-state index in [0.29, 0.717) is 18.5 Å². The van der Waals surface area contributed by atoms with E-state index in [1.54, 1.807) is 35.2 Å². The van der Waals surface area contributed by atoms with E-state index in [4.69, 9.17) is 5.11 Å². The predicted molar refractivity (Wildman–Crippen MR) is 71.1 cm³/mol. The van der Waals surface area contributed by atoms with Gasteiger partial charge < -0.3 is 5.11 Å². The van der Waals surface area contributed by atoms with Crippen LogP contribution >= 0.6 is 0 Å². The summed E-state index contributed by atoms with van der Waals surface area (Å²) >= 11 is 0. The van der Waals surface area contributed by atoms with Crippen LogP contribution in [0.3, 0.4) is 0 Å². The fourth-order valence-corrected chi connectivity index (χ4v) is 2.34. The van der Waals surface area contributed by atoms with Gasteiger partial charge in [-0.15, -0.1) is 0 Å². The maximum absolute atomic E-state index is 12.1. The van der Waals surface area contributed by atoms with Crippen molar-refractivity contribution in [1.29, 1.82) is 0 Å². The number of carbonyl (C=O) groups excluding carboxylic acids is 2. The van der Waals surface area contributed by atoms with Crippen LogP contribution < -0.4 is 5.32 Å². The molecule has 1 atom stereocenters. The number of benzene rings is 1. The molecule has 0 saturated carbocycles. The van der Waals surface area contributed by atoms with Crippen LogP contribution in [0.5, 0.6) is 0 Å². The first-order chi connectivity index (χ1) is 9.58. The van der Waals surface area contributed by atoms with Crippen molar-refractivity contribution in [1.82, 2.24) is 10.2 Å². The molecule has 1 aromatic rings. The summed E-state index contributed by atoms with van der Waals surface area (Å²) in [4.78, 5) is 36.2. The normalized spacial score (nSPS) is 18.7. The summed E-state index contributed by atoms with van der Waals surface area (Å²) in [6.45, 7) is 0.377. The first-order valence-electron chi connectivity index (χ1n) is 6.44. The fraction of sp³-hybridized carbons (Fsp3) is 0.357. The van der Waals surface area contributed by atoms with Gasteiger partial charge in [-0.25, -0.2) is 0 Å². The van der Waals surface area contributed by atoms with Crippen LogP contribution in [0.25, 0.3) is 0 Å². The van der Waals surface area contributed by atoms with E-state index in [2.05, 4.69) is 5.32 Å². The van der Waals surface area contributed by atoms with E-state index < -0.39 is 23.8 Å². The maximum atomic E-state index is 12.1. The zero-order valence-corrected chi connectivity index (χ0v) is 10.9. The van der Waals surface area contributed by atoms with Crippen LogP contribution in [0, 0.1) is 0 Å². The van der Waals surface area contributed by atoms with Crippen LogP contribution in [0.1, 0.15) is 23.2 Å². The Morgan fingerprint density at radius 1 is 1.25 bits per heavy atom. The Bertz CT molecular complexity index is 515. The molecule has 1 fully saturated rings. The van der Waals surface area contributed by atoms with Gasteiger partial charge in [0.25, 0.3) is 5.91 Å². The number of carbonyl (C=O) groups is 3. The number of carboxylic acids is 1. The number of nitrogens with one attached hydrogen (secondary N) is 1. The summed E-state index contributed by atoms with van der Waals surface area (Å²) in [5, 5.41) is 11.1. The molecule has 0 spiro atoms. The Kier molecular flexibility index (Phi) is 4.47. The Morgan fingerprint density at radius 2 is 1.95 bits per heavy atom. The molecule has 2 N–H and O–H groups in total. The van der Waals surface area contributed by atoms with Gasteiger partial charge in [-0.2, -0.15) is 0 Å². The zero-order chi connectivity index (χ0) is 14.5. The third-order valence-electron chi connectivity index (χ3n) is 3.28. The van der Waals surface area contributed by atoms with Crippen LogP contribution in [0.2, 0.25) is 0 Å². The minimum atomic E-state index is -0.973. The summed E-state index contributed by atoms with van der Waals surface area (Å²) in [6, 6.07) is 7.90. The van der Waals surface area contributed by atoms with Gasteiger partial charge in [0, 0.05) is 5.56 Å². The molecule has 0 unspecified atom stereocenters. The van der Waals surface area contributed by atoms with E-state index in [1.165, 1.54) is 0 Å². The van der Waals surface area contributed by atoms with Crippen LogP contribution in [0.4, 0.5) is 0 Å². The molecule has 20 heavy (non-hydrogen) atoms. The molecule has 0 bridgehead atoms. The molecule has 6 nitrogen and oxygen atoms in total. The minimum Gasteiger partial charge on any atom is -0.480 e. The Labute approximate surface area is 116 Å². The molecule has 0 aromatic heterocycles. The van der Waals surface area contributed by atoms with E-state index in [1.807, 2.05) is 0 Å². The topological polar surface area (TPSA) is 86.7 Å². The van der Waals surface area contributed by atoms with Gasteiger partial charge in [0.05, 0.1) is 12.6 Å². The lowest BCUT2D eigenvalue weighted by Gasteiger charge is -2.21. The minimum absolute atomic E-state index is 0.183. The second kappa shape index (κ2) is 6.29. The number of nitrogens with zero attached hydrogens (tertiary/aromatic N) is 1. The number of hydrogen-bond donors (Lipinski definition) is 2. The largest absolute Gasteiger partial charge is 0.480 e. The fourth-order valence-electron chi connectivity index (χ4n) is 2.34.